The van der Waals surface area contributed by atoms with Crippen LogP contribution in [0.3, 0.4) is 0 Å². The maximum atomic E-state index is 12.5. The number of benzene rings is 2. The number of hydrogen-bond acceptors (Lipinski definition) is 5. The third-order valence-corrected chi connectivity index (χ3v) is 4.60. The number of methoxy groups -OCH3 is 1. The van der Waals surface area contributed by atoms with Crippen molar-refractivity contribution in [3.05, 3.63) is 82.6 Å². The summed E-state index contributed by atoms with van der Waals surface area (Å²) in [5.74, 6) is 0.568. The number of esters is 1. The maximum Gasteiger partial charge on any atom is 0.338 e. The number of ketones is 1. The molecule has 0 saturated heterocycles. The van der Waals surface area contributed by atoms with Crippen LogP contribution in [-0.2, 0) is 11.2 Å². The molecule has 4 rings (SSSR count). The normalized spacial score (nSPS) is 14.4. The van der Waals surface area contributed by atoms with Gasteiger partial charge in [-0.15, -0.1) is 0 Å². The van der Waals surface area contributed by atoms with Gasteiger partial charge in [0.1, 0.15) is 17.3 Å². The van der Waals surface area contributed by atoms with Crippen molar-refractivity contribution in [1.82, 2.24) is 0 Å². The second kappa shape index (κ2) is 6.61. The van der Waals surface area contributed by atoms with Gasteiger partial charge in [-0.25, -0.2) is 4.79 Å². The lowest BCUT2D eigenvalue weighted by Gasteiger charge is -2.04. The second-order valence-electron chi connectivity index (χ2n) is 6.22. The molecule has 0 unspecified atom stereocenters. The summed E-state index contributed by atoms with van der Waals surface area (Å²) in [6.07, 6.45) is 2.03. The highest BCUT2D eigenvalue weighted by Gasteiger charge is 2.27. The second-order valence-corrected chi connectivity index (χ2v) is 6.22. The van der Waals surface area contributed by atoms with Crippen LogP contribution in [-0.4, -0.2) is 24.0 Å². The average Bonchev–Trinajstić information content (AvgIpc) is 3.28. The smallest absolute Gasteiger partial charge is 0.338 e. The Hall–Kier alpha value is -3.60. The number of phenols is 1. The summed E-state index contributed by atoms with van der Waals surface area (Å²) in [7, 11) is 1.33. The molecule has 0 atom stereocenters. The Bertz CT molecular complexity index is 1090. The zero-order valence-electron chi connectivity index (χ0n) is 14.6. The first kappa shape index (κ1) is 16.8. The van der Waals surface area contributed by atoms with Crippen LogP contribution in [0.5, 0.6) is 5.75 Å². The molecule has 0 fully saturated rings. The summed E-state index contributed by atoms with van der Waals surface area (Å²) < 4.78 is 10.7. The van der Waals surface area contributed by atoms with Crippen molar-refractivity contribution in [3.8, 4) is 17.1 Å². The number of phenolic OH excluding ortho intramolecular Hbond substituents is 1. The van der Waals surface area contributed by atoms with Crippen LogP contribution in [0.2, 0.25) is 0 Å². The molecule has 1 N–H and O–H groups in total. The topological polar surface area (TPSA) is 76.7 Å². The fraction of sp³-hybridized carbons (Fsp3) is 0.0909. The number of ether oxygens (including phenoxy) is 1. The Balaban J connectivity index is 1.68. The van der Waals surface area contributed by atoms with Gasteiger partial charge in [-0.05, 0) is 30.3 Å². The van der Waals surface area contributed by atoms with E-state index in [4.69, 9.17) is 9.15 Å². The zero-order chi connectivity index (χ0) is 19.0. The Morgan fingerprint density at radius 1 is 1.07 bits per heavy atom. The number of furan rings is 1. The first-order chi connectivity index (χ1) is 13.1. The number of rotatable bonds is 3. The number of carbonyl (C=O) groups is 2. The number of hydrogen-bond donors (Lipinski definition) is 1. The van der Waals surface area contributed by atoms with Crippen LogP contribution in [0, 0.1) is 0 Å². The summed E-state index contributed by atoms with van der Waals surface area (Å²) in [5, 5.41) is 9.95. The molecule has 1 aliphatic rings. The molecule has 1 aliphatic carbocycles. The molecule has 0 bridgehead atoms. The monoisotopic (exact) mass is 360 g/mol. The van der Waals surface area contributed by atoms with Crippen molar-refractivity contribution < 1.29 is 23.8 Å². The van der Waals surface area contributed by atoms with Crippen LogP contribution in [0.25, 0.3) is 17.4 Å². The highest BCUT2D eigenvalue weighted by molar-refractivity contribution is 6.15. The highest BCUT2D eigenvalue weighted by atomic mass is 16.5. The lowest BCUT2D eigenvalue weighted by Crippen LogP contribution is -2.02. The molecule has 1 aromatic heterocycles. The lowest BCUT2D eigenvalue weighted by molar-refractivity contribution is 0.0601. The summed E-state index contributed by atoms with van der Waals surface area (Å²) >= 11 is 0. The molecular formula is C22H16O5. The van der Waals surface area contributed by atoms with Gasteiger partial charge in [0.05, 0.1) is 12.7 Å². The number of allylic oxidation sites excluding steroid dienone is 1. The Kier molecular flexibility index (Phi) is 4.12. The van der Waals surface area contributed by atoms with E-state index in [1.165, 1.54) is 7.11 Å². The molecule has 0 amide bonds. The minimum Gasteiger partial charge on any atom is -0.508 e. The van der Waals surface area contributed by atoms with E-state index >= 15 is 0 Å². The molecule has 5 heteroatoms. The van der Waals surface area contributed by atoms with E-state index in [1.807, 2.05) is 6.07 Å². The number of Topliss-reactive ketones (excluding diaryl/α,β-unsaturated/α-hetero) is 1. The maximum absolute atomic E-state index is 12.5. The summed E-state index contributed by atoms with van der Waals surface area (Å²) in [4.78, 5) is 24.5. The third-order valence-electron chi connectivity index (χ3n) is 4.60. The van der Waals surface area contributed by atoms with E-state index in [0.717, 1.165) is 0 Å². The van der Waals surface area contributed by atoms with Crippen LogP contribution >= 0.6 is 0 Å². The quantitative estimate of drug-likeness (QED) is 0.558. The van der Waals surface area contributed by atoms with Crippen LogP contribution in [0.15, 0.2) is 64.6 Å². The first-order valence-corrected chi connectivity index (χ1v) is 8.42. The van der Waals surface area contributed by atoms with Crippen molar-refractivity contribution in [2.45, 2.75) is 6.42 Å². The fourth-order valence-electron chi connectivity index (χ4n) is 3.27. The summed E-state index contributed by atoms with van der Waals surface area (Å²) in [6.45, 7) is 0. The van der Waals surface area contributed by atoms with Crippen molar-refractivity contribution >= 4 is 17.8 Å². The van der Waals surface area contributed by atoms with E-state index in [0.29, 0.717) is 45.8 Å². The van der Waals surface area contributed by atoms with Gasteiger partial charge in [-0.2, -0.15) is 0 Å². The number of fused-ring (bicyclic) bond motifs is 1. The van der Waals surface area contributed by atoms with Gasteiger partial charge in [-0.1, -0.05) is 30.3 Å². The Morgan fingerprint density at radius 2 is 1.85 bits per heavy atom. The minimum atomic E-state index is -0.446. The zero-order valence-corrected chi connectivity index (χ0v) is 14.6. The molecule has 2 aromatic carbocycles. The number of aromatic hydroxyl groups is 1. The third kappa shape index (κ3) is 2.93. The van der Waals surface area contributed by atoms with E-state index in [2.05, 4.69) is 0 Å². The van der Waals surface area contributed by atoms with Gasteiger partial charge < -0.3 is 14.3 Å². The van der Waals surface area contributed by atoms with E-state index in [1.54, 1.807) is 54.6 Å². The molecular weight excluding hydrogens is 344 g/mol. The molecule has 27 heavy (non-hydrogen) atoms. The molecule has 0 aliphatic heterocycles. The van der Waals surface area contributed by atoms with Crippen molar-refractivity contribution in [2.75, 3.05) is 7.11 Å². The predicted molar refractivity (Wildman–Crippen MR) is 99.6 cm³/mol. The molecule has 1 heterocycles. The van der Waals surface area contributed by atoms with Gasteiger partial charge in [0.15, 0.2) is 5.78 Å². The van der Waals surface area contributed by atoms with Gasteiger partial charge in [-0.3, -0.25) is 4.79 Å². The summed E-state index contributed by atoms with van der Waals surface area (Å²) in [5.41, 5.74) is 2.73. The van der Waals surface area contributed by atoms with E-state index in [9.17, 15) is 14.7 Å². The van der Waals surface area contributed by atoms with Crippen molar-refractivity contribution in [3.63, 3.8) is 0 Å². The predicted octanol–water partition coefficient (Wildman–Crippen LogP) is 4.26. The van der Waals surface area contributed by atoms with Gasteiger partial charge in [0, 0.05) is 28.7 Å². The lowest BCUT2D eigenvalue weighted by atomic mass is 10.1. The SMILES string of the molecule is COC(=O)c1ccccc1-c1ccc(/C=C2\Cc3c(O)cccc3C2=O)o1. The average molecular weight is 360 g/mol. The first-order valence-electron chi connectivity index (χ1n) is 8.42. The molecule has 0 spiro atoms. The highest BCUT2D eigenvalue weighted by Crippen LogP contribution is 2.34. The minimum absolute atomic E-state index is 0.117. The largest absolute Gasteiger partial charge is 0.508 e. The van der Waals surface area contributed by atoms with Crippen LogP contribution in [0.4, 0.5) is 0 Å². The molecule has 3 aromatic rings. The van der Waals surface area contributed by atoms with E-state index < -0.39 is 5.97 Å². The van der Waals surface area contributed by atoms with Crippen molar-refractivity contribution in [1.29, 1.82) is 0 Å². The summed E-state index contributed by atoms with van der Waals surface area (Å²) in [6, 6.07) is 15.4. The van der Waals surface area contributed by atoms with Crippen molar-refractivity contribution in [2.24, 2.45) is 0 Å². The van der Waals surface area contributed by atoms with Crippen LogP contribution in [0.1, 0.15) is 32.0 Å². The van der Waals surface area contributed by atoms with Gasteiger partial charge in [0.2, 0.25) is 0 Å². The molecule has 5 nitrogen and oxygen atoms in total. The number of carbonyl (C=O) groups excluding carboxylic acids is 2. The standard InChI is InChI=1S/C22H16O5/c1-26-22(25)17-6-3-2-5-15(17)20-10-9-14(27-20)11-13-12-18-16(21(13)24)7-4-8-19(18)23/h2-11,23H,12H2,1H3/b13-11+. The van der Waals surface area contributed by atoms with Gasteiger partial charge in [0.25, 0.3) is 0 Å². The Morgan fingerprint density at radius 3 is 2.63 bits per heavy atom. The molecule has 134 valence electrons. The van der Waals surface area contributed by atoms with Gasteiger partial charge >= 0.3 is 5.97 Å². The molecule has 0 saturated carbocycles. The molecule has 0 radical (unpaired) electrons. The van der Waals surface area contributed by atoms with Crippen LogP contribution < -0.4 is 0 Å². The van der Waals surface area contributed by atoms with E-state index in [-0.39, 0.29) is 11.5 Å². The Labute approximate surface area is 155 Å². The fourth-order valence-corrected chi connectivity index (χ4v) is 3.27.